The van der Waals surface area contributed by atoms with E-state index in [0.717, 1.165) is 12.0 Å². The van der Waals surface area contributed by atoms with Crippen LogP contribution in [0.4, 0.5) is 0 Å². The van der Waals surface area contributed by atoms with Gasteiger partial charge in [-0.1, -0.05) is 31.9 Å². The SMILES string of the molecule is CC1CCCCC1NC(=O)Cc1ccc(C#N)cc1. The third kappa shape index (κ3) is 3.82. The lowest BCUT2D eigenvalue weighted by Crippen LogP contribution is -2.41. The topological polar surface area (TPSA) is 52.9 Å². The van der Waals surface area contributed by atoms with Gasteiger partial charge in [0.1, 0.15) is 0 Å². The van der Waals surface area contributed by atoms with Crippen molar-refractivity contribution in [2.45, 2.75) is 45.1 Å². The van der Waals surface area contributed by atoms with Crippen molar-refractivity contribution in [1.82, 2.24) is 5.32 Å². The maximum absolute atomic E-state index is 12.0. The highest BCUT2D eigenvalue weighted by molar-refractivity contribution is 5.78. The van der Waals surface area contributed by atoms with Gasteiger partial charge in [0.15, 0.2) is 0 Å². The molecule has 0 bridgehead atoms. The molecule has 1 aliphatic carbocycles. The second-order valence-electron chi connectivity index (χ2n) is 5.42. The maximum atomic E-state index is 12.0. The van der Waals surface area contributed by atoms with Crippen LogP contribution in [0.5, 0.6) is 0 Å². The molecule has 2 atom stereocenters. The van der Waals surface area contributed by atoms with Crippen LogP contribution in [0.15, 0.2) is 24.3 Å². The van der Waals surface area contributed by atoms with E-state index in [4.69, 9.17) is 5.26 Å². The molecule has 1 fully saturated rings. The third-order valence-corrected chi connectivity index (χ3v) is 3.91. The average molecular weight is 256 g/mol. The van der Waals surface area contributed by atoms with Crippen molar-refractivity contribution >= 4 is 5.91 Å². The third-order valence-electron chi connectivity index (χ3n) is 3.91. The highest BCUT2D eigenvalue weighted by atomic mass is 16.1. The molecule has 3 nitrogen and oxygen atoms in total. The number of hydrogen-bond acceptors (Lipinski definition) is 2. The fraction of sp³-hybridized carbons (Fsp3) is 0.500. The van der Waals surface area contributed by atoms with E-state index in [-0.39, 0.29) is 5.91 Å². The van der Waals surface area contributed by atoms with Crippen molar-refractivity contribution in [1.29, 1.82) is 5.26 Å². The minimum absolute atomic E-state index is 0.0865. The zero-order chi connectivity index (χ0) is 13.7. The van der Waals surface area contributed by atoms with Crippen molar-refractivity contribution in [3.63, 3.8) is 0 Å². The number of benzene rings is 1. The highest BCUT2D eigenvalue weighted by Gasteiger charge is 2.22. The lowest BCUT2D eigenvalue weighted by atomic mass is 9.86. The van der Waals surface area contributed by atoms with E-state index in [9.17, 15) is 4.79 Å². The summed E-state index contributed by atoms with van der Waals surface area (Å²) < 4.78 is 0. The molecule has 2 unspecified atom stereocenters. The Morgan fingerprint density at radius 3 is 2.63 bits per heavy atom. The van der Waals surface area contributed by atoms with Crippen LogP contribution in [0.3, 0.4) is 0 Å². The van der Waals surface area contributed by atoms with Gasteiger partial charge in [0.2, 0.25) is 5.91 Å². The molecule has 2 rings (SSSR count). The van der Waals surface area contributed by atoms with E-state index in [1.54, 1.807) is 12.1 Å². The normalized spacial score (nSPS) is 22.5. The molecule has 0 spiro atoms. The Hall–Kier alpha value is -1.82. The molecular formula is C16H20N2O. The predicted octanol–water partition coefficient (Wildman–Crippen LogP) is 2.80. The molecule has 3 heteroatoms. The van der Waals surface area contributed by atoms with Crippen molar-refractivity contribution in [3.8, 4) is 6.07 Å². The molecular weight excluding hydrogens is 236 g/mol. The van der Waals surface area contributed by atoms with Crippen LogP contribution < -0.4 is 5.32 Å². The number of carbonyl (C=O) groups is 1. The number of hydrogen-bond donors (Lipinski definition) is 1. The molecule has 0 radical (unpaired) electrons. The summed E-state index contributed by atoms with van der Waals surface area (Å²) in [6.07, 6.45) is 5.20. The van der Waals surface area contributed by atoms with Crippen LogP contribution in [0.1, 0.15) is 43.7 Å². The molecule has 0 saturated heterocycles. The molecule has 1 aromatic rings. The van der Waals surface area contributed by atoms with Gasteiger partial charge >= 0.3 is 0 Å². The first-order valence-corrected chi connectivity index (χ1v) is 6.97. The van der Waals surface area contributed by atoms with Crippen molar-refractivity contribution in [2.24, 2.45) is 5.92 Å². The molecule has 0 aliphatic heterocycles. The minimum Gasteiger partial charge on any atom is -0.353 e. The summed E-state index contributed by atoms with van der Waals surface area (Å²) in [5, 5.41) is 11.9. The van der Waals surface area contributed by atoms with E-state index >= 15 is 0 Å². The Morgan fingerprint density at radius 1 is 1.32 bits per heavy atom. The van der Waals surface area contributed by atoms with E-state index in [0.29, 0.717) is 23.9 Å². The number of nitrogens with zero attached hydrogens (tertiary/aromatic N) is 1. The smallest absolute Gasteiger partial charge is 0.224 e. The Bertz CT molecular complexity index is 473. The minimum atomic E-state index is 0.0865. The van der Waals surface area contributed by atoms with Gasteiger partial charge in [-0.25, -0.2) is 0 Å². The van der Waals surface area contributed by atoms with Crippen molar-refractivity contribution in [2.75, 3.05) is 0 Å². The maximum Gasteiger partial charge on any atom is 0.224 e. The number of nitriles is 1. The first-order valence-electron chi connectivity index (χ1n) is 6.97. The summed E-state index contributed by atoms with van der Waals surface area (Å²) in [7, 11) is 0. The van der Waals surface area contributed by atoms with Crippen molar-refractivity contribution < 1.29 is 4.79 Å². The predicted molar refractivity (Wildman–Crippen MR) is 74.4 cm³/mol. The number of amides is 1. The van der Waals surface area contributed by atoms with Gasteiger partial charge in [-0.15, -0.1) is 0 Å². The molecule has 1 aromatic carbocycles. The van der Waals surface area contributed by atoms with Crippen LogP contribution in [-0.4, -0.2) is 11.9 Å². The van der Waals surface area contributed by atoms with Gasteiger partial charge in [0.05, 0.1) is 18.1 Å². The fourth-order valence-electron chi connectivity index (χ4n) is 2.67. The summed E-state index contributed by atoms with van der Waals surface area (Å²) in [6.45, 7) is 2.21. The van der Waals surface area contributed by atoms with Crippen LogP contribution in [0.2, 0.25) is 0 Å². The van der Waals surface area contributed by atoms with E-state index < -0.39 is 0 Å². The quantitative estimate of drug-likeness (QED) is 0.904. The van der Waals surface area contributed by atoms with Gasteiger partial charge in [-0.05, 0) is 36.5 Å². The lowest BCUT2D eigenvalue weighted by molar-refractivity contribution is -0.121. The molecule has 0 aromatic heterocycles. The summed E-state index contributed by atoms with van der Waals surface area (Å²) >= 11 is 0. The van der Waals surface area contributed by atoms with Gasteiger partial charge in [-0.3, -0.25) is 4.79 Å². The van der Waals surface area contributed by atoms with Crippen LogP contribution >= 0.6 is 0 Å². The second kappa shape index (κ2) is 6.38. The Balaban J connectivity index is 1.88. The van der Waals surface area contributed by atoms with Crippen LogP contribution in [0, 0.1) is 17.2 Å². The second-order valence-corrected chi connectivity index (χ2v) is 5.42. The van der Waals surface area contributed by atoms with Crippen molar-refractivity contribution in [3.05, 3.63) is 35.4 Å². The summed E-state index contributed by atoms with van der Waals surface area (Å²) in [5.74, 6) is 0.669. The number of rotatable bonds is 3. The molecule has 1 amide bonds. The van der Waals surface area contributed by atoms with E-state index in [1.165, 1.54) is 19.3 Å². The Morgan fingerprint density at radius 2 is 2.00 bits per heavy atom. The van der Waals surface area contributed by atoms with Gasteiger partial charge in [0.25, 0.3) is 0 Å². The van der Waals surface area contributed by atoms with E-state index in [2.05, 4.69) is 18.3 Å². The van der Waals surface area contributed by atoms with Crippen LogP contribution in [-0.2, 0) is 11.2 Å². The highest BCUT2D eigenvalue weighted by Crippen LogP contribution is 2.23. The zero-order valence-corrected chi connectivity index (χ0v) is 11.4. The van der Waals surface area contributed by atoms with Gasteiger partial charge in [-0.2, -0.15) is 5.26 Å². The Labute approximate surface area is 114 Å². The fourth-order valence-corrected chi connectivity index (χ4v) is 2.67. The van der Waals surface area contributed by atoms with Gasteiger partial charge in [0, 0.05) is 6.04 Å². The average Bonchev–Trinajstić information content (AvgIpc) is 2.42. The zero-order valence-electron chi connectivity index (χ0n) is 11.4. The molecule has 0 heterocycles. The monoisotopic (exact) mass is 256 g/mol. The molecule has 1 N–H and O–H groups in total. The molecule has 1 saturated carbocycles. The molecule has 19 heavy (non-hydrogen) atoms. The lowest BCUT2D eigenvalue weighted by Gasteiger charge is -2.29. The van der Waals surface area contributed by atoms with Gasteiger partial charge < -0.3 is 5.32 Å². The summed E-state index contributed by atoms with van der Waals surface area (Å²) in [4.78, 5) is 12.0. The summed E-state index contributed by atoms with van der Waals surface area (Å²) in [6, 6.07) is 9.62. The first kappa shape index (κ1) is 13.6. The largest absolute Gasteiger partial charge is 0.353 e. The number of nitrogens with one attached hydrogen (secondary N) is 1. The summed E-state index contributed by atoms with van der Waals surface area (Å²) in [5.41, 5.74) is 1.59. The van der Waals surface area contributed by atoms with Crippen LogP contribution in [0.25, 0.3) is 0 Å². The first-order chi connectivity index (χ1) is 9.19. The molecule has 1 aliphatic rings. The standard InChI is InChI=1S/C16H20N2O/c1-12-4-2-3-5-15(12)18-16(19)10-13-6-8-14(11-17)9-7-13/h6-9,12,15H,2-5,10H2,1H3,(H,18,19). The van der Waals surface area contributed by atoms with E-state index in [1.807, 2.05) is 12.1 Å². The Kier molecular flexibility index (Phi) is 4.57. The molecule has 100 valence electrons. The number of carbonyl (C=O) groups excluding carboxylic acids is 1.